The monoisotopic (exact) mass is 167 g/mol. The number of nitrogens with zero attached hydrogens (tertiary/aromatic N) is 1. The molecule has 0 aliphatic carbocycles. The van der Waals surface area contributed by atoms with E-state index < -0.39 is 0 Å². The zero-order valence-electron chi connectivity index (χ0n) is 7.32. The smallest absolute Gasteiger partial charge is 0.137 e. The van der Waals surface area contributed by atoms with Crippen LogP contribution < -0.4 is 4.74 Å². The zero-order chi connectivity index (χ0) is 8.97. The summed E-state index contributed by atoms with van der Waals surface area (Å²) in [6.45, 7) is 1.74. The Morgan fingerprint density at radius 3 is 2.75 bits per heavy atom. The number of methoxy groups -OCH3 is 1. The van der Waals surface area contributed by atoms with E-state index in [2.05, 4.69) is 4.98 Å². The Morgan fingerprint density at radius 1 is 1.58 bits per heavy atom. The topological polar surface area (TPSA) is 42.4 Å². The Kier molecular flexibility index (Phi) is 3.05. The zero-order valence-corrected chi connectivity index (χ0v) is 7.32. The lowest BCUT2D eigenvalue weighted by Gasteiger charge is -2.03. The molecule has 12 heavy (non-hydrogen) atoms. The molecule has 1 atom stereocenters. The molecule has 0 unspecified atom stereocenters. The summed E-state index contributed by atoms with van der Waals surface area (Å²) >= 11 is 0. The standard InChI is InChI=1S/C9H13NO2/c1-7(11)5-8-3-4-9(12-2)6-10-8/h3-4,6-7,11H,5H2,1-2H3/t7-/m0/s1. The first-order valence-corrected chi connectivity index (χ1v) is 3.89. The van der Waals surface area contributed by atoms with Gasteiger partial charge in [0.05, 0.1) is 19.4 Å². The van der Waals surface area contributed by atoms with Crippen LogP contribution in [0, 0.1) is 0 Å². The van der Waals surface area contributed by atoms with Gasteiger partial charge in [0.1, 0.15) is 5.75 Å². The minimum atomic E-state index is -0.342. The van der Waals surface area contributed by atoms with Crippen LogP contribution in [0.25, 0.3) is 0 Å². The Balaban J connectivity index is 2.65. The van der Waals surface area contributed by atoms with Crippen molar-refractivity contribution in [2.24, 2.45) is 0 Å². The van der Waals surface area contributed by atoms with Crippen LogP contribution in [0.4, 0.5) is 0 Å². The van der Waals surface area contributed by atoms with E-state index >= 15 is 0 Å². The molecule has 0 aliphatic heterocycles. The first kappa shape index (κ1) is 9.00. The Hall–Kier alpha value is -1.09. The summed E-state index contributed by atoms with van der Waals surface area (Å²) in [5.74, 6) is 0.740. The number of aromatic nitrogens is 1. The van der Waals surface area contributed by atoms with Gasteiger partial charge >= 0.3 is 0 Å². The molecule has 1 heterocycles. The molecular weight excluding hydrogens is 154 g/mol. The van der Waals surface area contributed by atoms with Gasteiger partial charge in [-0.3, -0.25) is 4.98 Å². The van der Waals surface area contributed by atoms with Crippen LogP contribution >= 0.6 is 0 Å². The van der Waals surface area contributed by atoms with Crippen molar-refractivity contribution in [1.29, 1.82) is 0 Å². The molecule has 0 aromatic carbocycles. The van der Waals surface area contributed by atoms with Crippen LogP contribution in [0.15, 0.2) is 18.3 Å². The summed E-state index contributed by atoms with van der Waals surface area (Å²) in [6.07, 6.45) is 1.90. The average Bonchev–Trinajstić information content (AvgIpc) is 2.05. The fraction of sp³-hybridized carbons (Fsp3) is 0.444. The second kappa shape index (κ2) is 4.07. The Bertz CT molecular complexity index is 231. The number of aliphatic hydroxyl groups is 1. The maximum absolute atomic E-state index is 9.06. The third-order valence-corrected chi connectivity index (χ3v) is 1.54. The molecule has 0 radical (unpaired) electrons. The van der Waals surface area contributed by atoms with E-state index in [-0.39, 0.29) is 6.10 Å². The molecular formula is C9H13NO2. The second-order valence-corrected chi connectivity index (χ2v) is 2.74. The molecule has 0 amide bonds. The third-order valence-electron chi connectivity index (χ3n) is 1.54. The highest BCUT2D eigenvalue weighted by Gasteiger charge is 1.99. The van der Waals surface area contributed by atoms with Gasteiger partial charge in [0.15, 0.2) is 0 Å². The molecule has 0 bridgehead atoms. The lowest BCUT2D eigenvalue weighted by molar-refractivity contribution is 0.194. The predicted octanol–water partition coefficient (Wildman–Crippen LogP) is 1.01. The summed E-state index contributed by atoms with van der Waals surface area (Å²) in [5.41, 5.74) is 0.880. The first-order valence-electron chi connectivity index (χ1n) is 3.89. The second-order valence-electron chi connectivity index (χ2n) is 2.74. The highest BCUT2D eigenvalue weighted by Crippen LogP contribution is 2.08. The van der Waals surface area contributed by atoms with E-state index in [0.717, 1.165) is 11.4 Å². The van der Waals surface area contributed by atoms with Gasteiger partial charge in [-0.05, 0) is 19.1 Å². The SMILES string of the molecule is COc1ccc(C[C@H](C)O)nc1. The van der Waals surface area contributed by atoms with Crippen molar-refractivity contribution >= 4 is 0 Å². The van der Waals surface area contributed by atoms with Crippen LogP contribution in [-0.2, 0) is 6.42 Å². The highest BCUT2D eigenvalue weighted by molar-refractivity contribution is 5.19. The van der Waals surface area contributed by atoms with E-state index in [9.17, 15) is 0 Å². The predicted molar refractivity (Wildman–Crippen MR) is 46.2 cm³/mol. The van der Waals surface area contributed by atoms with Crippen LogP contribution in [0.3, 0.4) is 0 Å². The molecule has 0 spiro atoms. The van der Waals surface area contributed by atoms with E-state index in [1.54, 1.807) is 20.2 Å². The summed E-state index contributed by atoms with van der Waals surface area (Å²) < 4.78 is 4.95. The normalized spacial score (nSPS) is 12.6. The molecule has 1 aromatic rings. The van der Waals surface area contributed by atoms with Crippen molar-refractivity contribution in [1.82, 2.24) is 4.98 Å². The van der Waals surface area contributed by atoms with E-state index in [4.69, 9.17) is 9.84 Å². The molecule has 0 fully saturated rings. The van der Waals surface area contributed by atoms with E-state index in [1.807, 2.05) is 12.1 Å². The van der Waals surface area contributed by atoms with Gasteiger partial charge in [0.25, 0.3) is 0 Å². The molecule has 1 N–H and O–H groups in total. The summed E-state index contributed by atoms with van der Waals surface area (Å²) in [4.78, 5) is 4.10. The molecule has 3 nitrogen and oxygen atoms in total. The van der Waals surface area contributed by atoms with Crippen LogP contribution in [0.5, 0.6) is 5.75 Å². The highest BCUT2D eigenvalue weighted by atomic mass is 16.5. The van der Waals surface area contributed by atoms with Gasteiger partial charge in [0, 0.05) is 12.1 Å². The molecule has 1 aromatic heterocycles. The molecule has 3 heteroatoms. The summed E-state index contributed by atoms with van der Waals surface area (Å²) in [6, 6.07) is 3.69. The fourth-order valence-electron chi connectivity index (χ4n) is 0.955. The summed E-state index contributed by atoms with van der Waals surface area (Å²) in [7, 11) is 1.60. The lowest BCUT2D eigenvalue weighted by atomic mass is 10.2. The molecule has 66 valence electrons. The maximum atomic E-state index is 9.06. The van der Waals surface area contributed by atoms with Crippen molar-refractivity contribution in [2.45, 2.75) is 19.4 Å². The van der Waals surface area contributed by atoms with Crippen LogP contribution in [0.1, 0.15) is 12.6 Å². The van der Waals surface area contributed by atoms with Gasteiger partial charge < -0.3 is 9.84 Å². The quantitative estimate of drug-likeness (QED) is 0.730. The van der Waals surface area contributed by atoms with Gasteiger partial charge in [0.2, 0.25) is 0 Å². The van der Waals surface area contributed by atoms with Crippen molar-refractivity contribution in [3.8, 4) is 5.75 Å². The number of hydrogen-bond donors (Lipinski definition) is 1. The van der Waals surface area contributed by atoms with Crippen LogP contribution in [-0.4, -0.2) is 23.3 Å². The minimum Gasteiger partial charge on any atom is -0.495 e. The molecule has 0 saturated carbocycles. The van der Waals surface area contributed by atoms with E-state index in [0.29, 0.717) is 6.42 Å². The number of rotatable bonds is 3. The number of aliphatic hydroxyl groups excluding tert-OH is 1. The van der Waals surface area contributed by atoms with Gasteiger partial charge in [-0.2, -0.15) is 0 Å². The van der Waals surface area contributed by atoms with Crippen molar-refractivity contribution < 1.29 is 9.84 Å². The van der Waals surface area contributed by atoms with Gasteiger partial charge in [-0.25, -0.2) is 0 Å². The third kappa shape index (κ3) is 2.51. The first-order chi connectivity index (χ1) is 5.72. The van der Waals surface area contributed by atoms with Crippen molar-refractivity contribution in [2.75, 3.05) is 7.11 Å². The Morgan fingerprint density at radius 2 is 2.33 bits per heavy atom. The van der Waals surface area contributed by atoms with Crippen LogP contribution in [0.2, 0.25) is 0 Å². The van der Waals surface area contributed by atoms with Crippen molar-refractivity contribution in [3.05, 3.63) is 24.0 Å². The largest absolute Gasteiger partial charge is 0.495 e. The van der Waals surface area contributed by atoms with Gasteiger partial charge in [-0.1, -0.05) is 0 Å². The number of pyridine rings is 1. The lowest BCUT2D eigenvalue weighted by Crippen LogP contribution is -2.05. The maximum Gasteiger partial charge on any atom is 0.137 e. The molecule has 1 rings (SSSR count). The van der Waals surface area contributed by atoms with Crippen molar-refractivity contribution in [3.63, 3.8) is 0 Å². The Labute approximate surface area is 72.0 Å². The van der Waals surface area contributed by atoms with E-state index in [1.165, 1.54) is 0 Å². The number of hydrogen-bond acceptors (Lipinski definition) is 3. The van der Waals surface area contributed by atoms with Gasteiger partial charge in [-0.15, -0.1) is 0 Å². The minimum absolute atomic E-state index is 0.342. The molecule has 0 aliphatic rings. The fourth-order valence-corrected chi connectivity index (χ4v) is 0.955. The number of ether oxygens (including phenoxy) is 1. The molecule has 0 saturated heterocycles. The average molecular weight is 167 g/mol. The summed E-state index contributed by atoms with van der Waals surface area (Å²) in [5, 5.41) is 9.06.